The van der Waals surface area contributed by atoms with Gasteiger partial charge in [0.05, 0.1) is 31.6 Å². The van der Waals surface area contributed by atoms with Gasteiger partial charge in [0.25, 0.3) is 0 Å². The molecule has 34 heavy (non-hydrogen) atoms. The van der Waals surface area contributed by atoms with Crippen LogP contribution in [0.15, 0.2) is 60.7 Å². The number of ether oxygens (including phenoxy) is 4. The van der Waals surface area contributed by atoms with Crippen LogP contribution in [0.3, 0.4) is 0 Å². The van der Waals surface area contributed by atoms with Crippen molar-refractivity contribution < 1.29 is 34.0 Å². The molecule has 0 atom stereocenters. The van der Waals surface area contributed by atoms with Gasteiger partial charge in [-0.05, 0) is 54.1 Å². The van der Waals surface area contributed by atoms with Crippen LogP contribution in [0.4, 0.5) is 0 Å². The van der Waals surface area contributed by atoms with E-state index in [0.29, 0.717) is 33.9 Å². The lowest BCUT2D eigenvalue weighted by Crippen LogP contribution is -1.92. The summed E-state index contributed by atoms with van der Waals surface area (Å²) in [5.74, 6) is 1.65. The van der Waals surface area contributed by atoms with Crippen molar-refractivity contribution in [2.24, 2.45) is 0 Å². The van der Waals surface area contributed by atoms with Crippen LogP contribution in [-0.4, -0.2) is 37.5 Å². The average Bonchev–Trinajstić information content (AvgIpc) is 3.21. The van der Waals surface area contributed by atoms with Crippen molar-refractivity contribution in [3.8, 4) is 44.9 Å². The molecule has 0 aliphatic rings. The maximum Gasteiger partial charge on any atom is 0.328 e. The highest BCUT2D eigenvalue weighted by Gasteiger charge is 2.21. The van der Waals surface area contributed by atoms with E-state index in [1.54, 1.807) is 38.5 Å². The Morgan fingerprint density at radius 1 is 0.882 bits per heavy atom. The summed E-state index contributed by atoms with van der Waals surface area (Å²) in [6.07, 6.45) is 2.49. The van der Waals surface area contributed by atoms with Gasteiger partial charge in [0.1, 0.15) is 28.7 Å². The standard InChI is InChI=1S/C26H22O7S/c1-30-17-8-5-16(6-9-17)26-25(24-20(27)12-19(31-2)14-22(24)34-26)33-18-10-4-15(7-11-23(28)29)21(13-18)32-3/h4-14,27H,1-3H3,(H,28,29)/b11-7+. The highest BCUT2D eigenvalue weighted by molar-refractivity contribution is 7.22. The third-order valence-corrected chi connectivity index (χ3v) is 6.29. The fourth-order valence-electron chi connectivity index (χ4n) is 3.47. The summed E-state index contributed by atoms with van der Waals surface area (Å²) >= 11 is 1.46. The Balaban J connectivity index is 1.84. The predicted octanol–water partition coefficient (Wildman–Crippen LogP) is 6.19. The zero-order chi connectivity index (χ0) is 24.2. The Morgan fingerprint density at radius 2 is 1.59 bits per heavy atom. The van der Waals surface area contributed by atoms with E-state index in [4.69, 9.17) is 24.1 Å². The van der Waals surface area contributed by atoms with Crippen LogP contribution in [0.1, 0.15) is 5.56 Å². The first-order chi connectivity index (χ1) is 16.4. The van der Waals surface area contributed by atoms with Crippen LogP contribution in [0.2, 0.25) is 0 Å². The molecule has 0 aliphatic heterocycles. The van der Waals surface area contributed by atoms with E-state index in [-0.39, 0.29) is 5.75 Å². The van der Waals surface area contributed by atoms with Crippen molar-refractivity contribution in [1.29, 1.82) is 0 Å². The molecule has 0 spiro atoms. The number of phenols is 1. The van der Waals surface area contributed by atoms with Crippen molar-refractivity contribution in [1.82, 2.24) is 0 Å². The molecule has 0 saturated heterocycles. The van der Waals surface area contributed by atoms with Crippen molar-refractivity contribution in [3.05, 3.63) is 66.2 Å². The molecule has 0 amide bonds. The first-order valence-electron chi connectivity index (χ1n) is 10.2. The van der Waals surface area contributed by atoms with Crippen LogP contribution in [0, 0.1) is 0 Å². The smallest absolute Gasteiger partial charge is 0.328 e. The number of thiophene rings is 1. The Labute approximate surface area is 200 Å². The van der Waals surface area contributed by atoms with Crippen LogP contribution >= 0.6 is 11.3 Å². The molecule has 1 aromatic heterocycles. The average molecular weight is 479 g/mol. The van der Waals surface area contributed by atoms with E-state index in [1.807, 2.05) is 30.3 Å². The first kappa shape index (κ1) is 23.0. The lowest BCUT2D eigenvalue weighted by Gasteiger charge is -2.12. The molecule has 4 rings (SSSR count). The van der Waals surface area contributed by atoms with Gasteiger partial charge >= 0.3 is 5.97 Å². The van der Waals surface area contributed by atoms with Gasteiger partial charge in [-0.2, -0.15) is 0 Å². The molecule has 3 aromatic carbocycles. The second-order valence-corrected chi connectivity index (χ2v) is 8.24. The van der Waals surface area contributed by atoms with E-state index < -0.39 is 5.97 Å². The van der Waals surface area contributed by atoms with Gasteiger partial charge in [-0.3, -0.25) is 0 Å². The van der Waals surface area contributed by atoms with Crippen LogP contribution in [-0.2, 0) is 4.79 Å². The molecule has 174 valence electrons. The Hall–Kier alpha value is -4.17. The number of hydrogen-bond donors (Lipinski definition) is 2. The minimum Gasteiger partial charge on any atom is -0.507 e. The molecule has 0 bridgehead atoms. The lowest BCUT2D eigenvalue weighted by atomic mass is 10.1. The summed E-state index contributed by atoms with van der Waals surface area (Å²) in [6, 6.07) is 16.0. The quantitative estimate of drug-likeness (QED) is 0.292. The van der Waals surface area contributed by atoms with Gasteiger partial charge in [-0.15, -0.1) is 11.3 Å². The monoisotopic (exact) mass is 478 g/mol. The molecule has 0 radical (unpaired) electrons. The number of aromatic hydroxyl groups is 1. The van der Waals surface area contributed by atoms with Crippen molar-refractivity contribution in [2.45, 2.75) is 0 Å². The number of benzene rings is 3. The predicted molar refractivity (Wildman–Crippen MR) is 132 cm³/mol. The number of carboxylic acids is 1. The number of fused-ring (bicyclic) bond motifs is 1. The van der Waals surface area contributed by atoms with Crippen molar-refractivity contribution in [3.63, 3.8) is 0 Å². The van der Waals surface area contributed by atoms with E-state index >= 15 is 0 Å². The number of hydrogen-bond acceptors (Lipinski definition) is 7. The van der Waals surface area contributed by atoms with E-state index in [9.17, 15) is 9.90 Å². The SMILES string of the molecule is COc1ccc(-c2sc3cc(OC)cc(O)c3c2Oc2ccc(/C=C/C(=O)O)c(OC)c2)cc1. The van der Waals surface area contributed by atoms with Gasteiger partial charge in [-0.1, -0.05) is 0 Å². The number of carboxylic acid groups (broad SMARTS) is 1. The summed E-state index contributed by atoms with van der Waals surface area (Å²) in [5, 5.41) is 20.3. The molecule has 8 heteroatoms. The number of phenolic OH excluding ortho intramolecular Hbond substituents is 1. The second kappa shape index (κ2) is 9.76. The molecule has 2 N–H and O–H groups in total. The highest BCUT2D eigenvalue weighted by atomic mass is 32.1. The van der Waals surface area contributed by atoms with E-state index in [2.05, 4.69) is 0 Å². The van der Waals surface area contributed by atoms with Crippen molar-refractivity contribution in [2.75, 3.05) is 21.3 Å². The summed E-state index contributed by atoms with van der Waals surface area (Å²) in [6.45, 7) is 0. The minimum absolute atomic E-state index is 0.0355. The fourth-order valence-corrected chi connectivity index (χ4v) is 4.66. The van der Waals surface area contributed by atoms with Gasteiger partial charge in [0.15, 0.2) is 5.75 Å². The van der Waals surface area contributed by atoms with E-state index in [1.165, 1.54) is 24.5 Å². The minimum atomic E-state index is -1.05. The van der Waals surface area contributed by atoms with Gasteiger partial charge in [0.2, 0.25) is 0 Å². The van der Waals surface area contributed by atoms with Crippen LogP contribution in [0.25, 0.3) is 26.6 Å². The van der Waals surface area contributed by atoms with Gasteiger partial charge in [0, 0.05) is 28.5 Å². The Morgan fingerprint density at radius 3 is 2.24 bits per heavy atom. The summed E-state index contributed by atoms with van der Waals surface area (Å²) < 4.78 is 23.1. The zero-order valence-electron chi connectivity index (χ0n) is 18.7. The highest BCUT2D eigenvalue weighted by Crippen LogP contribution is 2.51. The lowest BCUT2D eigenvalue weighted by molar-refractivity contribution is -0.131. The van der Waals surface area contributed by atoms with Crippen LogP contribution < -0.4 is 18.9 Å². The maximum atomic E-state index is 10.9. The van der Waals surface area contributed by atoms with Crippen LogP contribution in [0.5, 0.6) is 34.5 Å². The molecule has 4 aromatic rings. The topological polar surface area (TPSA) is 94.5 Å². The molecular weight excluding hydrogens is 456 g/mol. The molecule has 7 nitrogen and oxygen atoms in total. The number of rotatable bonds is 8. The molecular formula is C26H22O7S. The summed E-state index contributed by atoms with van der Waals surface area (Å²) in [4.78, 5) is 11.7. The Bertz CT molecular complexity index is 1370. The largest absolute Gasteiger partial charge is 0.507 e. The summed E-state index contributed by atoms with van der Waals surface area (Å²) in [5.41, 5.74) is 1.48. The molecule has 0 aliphatic carbocycles. The van der Waals surface area contributed by atoms with E-state index in [0.717, 1.165) is 27.0 Å². The molecule has 1 heterocycles. The number of carbonyl (C=O) groups is 1. The fraction of sp³-hybridized carbons (Fsp3) is 0.115. The molecule has 0 fully saturated rings. The van der Waals surface area contributed by atoms with Crippen molar-refractivity contribution >= 4 is 33.5 Å². The second-order valence-electron chi connectivity index (χ2n) is 7.19. The number of aliphatic carboxylic acids is 1. The van der Waals surface area contributed by atoms with Gasteiger partial charge in [-0.25, -0.2) is 4.79 Å². The third kappa shape index (κ3) is 4.62. The molecule has 0 saturated carbocycles. The van der Waals surface area contributed by atoms with Gasteiger partial charge < -0.3 is 29.2 Å². The third-order valence-electron chi connectivity index (χ3n) is 5.12. The first-order valence-corrected chi connectivity index (χ1v) is 11.0. The zero-order valence-corrected chi connectivity index (χ0v) is 19.5. The summed E-state index contributed by atoms with van der Waals surface area (Å²) in [7, 11) is 4.65. The Kier molecular flexibility index (Phi) is 6.60. The molecule has 0 unspecified atom stereocenters. The normalized spacial score (nSPS) is 11.0. The maximum absolute atomic E-state index is 10.9. The number of methoxy groups -OCH3 is 3.